The zero-order chi connectivity index (χ0) is 14.1. The minimum Gasteiger partial charge on any atom is -0.379 e. The minimum atomic E-state index is -0.367. The van der Waals surface area contributed by atoms with Gasteiger partial charge >= 0.3 is 0 Å². The van der Waals surface area contributed by atoms with Crippen molar-refractivity contribution in [3.05, 3.63) is 0 Å². The Kier molecular flexibility index (Phi) is 8.02. The third-order valence-corrected chi connectivity index (χ3v) is 3.47. The third kappa shape index (κ3) is 5.89. The highest BCUT2D eigenvalue weighted by atomic mass is 16.5. The molecule has 0 aromatic rings. The molecule has 0 saturated carbocycles. The Hall–Kier alpha value is -0.650. The second-order valence-corrected chi connectivity index (χ2v) is 5.06. The lowest BCUT2D eigenvalue weighted by Crippen LogP contribution is -2.46. The van der Waals surface area contributed by atoms with Crippen molar-refractivity contribution in [2.24, 2.45) is 5.92 Å². The van der Waals surface area contributed by atoms with E-state index < -0.39 is 0 Å². The van der Waals surface area contributed by atoms with E-state index in [1.165, 1.54) is 6.42 Å². The first-order chi connectivity index (χ1) is 9.19. The molecule has 0 radical (unpaired) electrons. The highest BCUT2D eigenvalue weighted by molar-refractivity contribution is 5.80. The minimum absolute atomic E-state index is 0.109. The maximum atomic E-state index is 12.3. The largest absolute Gasteiger partial charge is 0.379 e. The Morgan fingerprint density at radius 2 is 2.26 bits per heavy atom. The fraction of sp³-hybridized carbons (Fsp3) is 0.929. The van der Waals surface area contributed by atoms with Crippen LogP contribution in [0.15, 0.2) is 0 Å². The number of amides is 1. The van der Waals surface area contributed by atoms with Gasteiger partial charge in [-0.3, -0.25) is 4.79 Å². The van der Waals surface area contributed by atoms with Gasteiger partial charge in [-0.2, -0.15) is 0 Å². The lowest BCUT2D eigenvalue weighted by atomic mass is 9.97. The molecule has 0 aromatic heterocycles. The summed E-state index contributed by atoms with van der Waals surface area (Å²) >= 11 is 0. The van der Waals surface area contributed by atoms with Crippen LogP contribution in [0, 0.1) is 5.92 Å². The van der Waals surface area contributed by atoms with Gasteiger partial charge in [-0.05, 0) is 46.2 Å². The van der Waals surface area contributed by atoms with Crippen LogP contribution in [0.25, 0.3) is 0 Å². The average Bonchev–Trinajstić information content (AvgIpc) is 2.43. The molecule has 0 spiro atoms. The Labute approximate surface area is 116 Å². The summed E-state index contributed by atoms with van der Waals surface area (Å²) in [5, 5.41) is 3.19. The fourth-order valence-electron chi connectivity index (χ4n) is 2.48. The molecule has 5 nitrogen and oxygen atoms in total. The van der Waals surface area contributed by atoms with E-state index in [1.54, 1.807) is 0 Å². The summed E-state index contributed by atoms with van der Waals surface area (Å²) in [6, 6.07) is 0. The van der Waals surface area contributed by atoms with E-state index in [4.69, 9.17) is 9.47 Å². The molecule has 2 atom stereocenters. The monoisotopic (exact) mass is 272 g/mol. The van der Waals surface area contributed by atoms with Crippen LogP contribution in [0.4, 0.5) is 0 Å². The van der Waals surface area contributed by atoms with Crippen molar-refractivity contribution >= 4 is 5.91 Å². The Balaban J connectivity index is 2.30. The van der Waals surface area contributed by atoms with Crippen molar-refractivity contribution in [3.63, 3.8) is 0 Å². The molecule has 1 saturated heterocycles. The summed E-state index contributed by atoms with van der Waals surface area (Å²) in [6.45, 7) is 8.18. The van der Waals surface area contributed by atoms with Gasteiger partial charge in [0.1, 0.15) is 6.10 Å². The maximum Gasteiger partial charge on any atom is 0.251 e. The maximum absolute atomic E-state index is 12.3. The number of carbonyl (C=O) groups excluding carboxylic acids is 1. The second-order valence-electron chi connectivity index (χ2n) is 5.06. The Bertz CT molecular complexity index is 259. The van der Waals surface area contributed by atoms with Gasteiger partial charge in [-0.25, -0.2) is 0 Å². The molecule has 1 amide bonds. The van der Waals surface area contributed by atoms with Gasteiger partial charge in [0.2, 0.25) is 0 Å². The number of carbonyl (C=O) groups is 1. The number of hydrogen-bond acceptors (Lipinski definition) is 4. The van der Waals surface area contributed by atoms with Crippen LogP contribution in [0.2, 0.25) is 0 Å². The fourth-order valence-corrected chi connectivity index (χ4v) is 2.48. The number of nitrogens with zero attached hydrogens (tertiary/aromatic N) is 1. The topological polar surface area (TPSA) is 50.8 Å². The van der Waals surface area contributed by atoms with E-state index in [0.29, 0.717) is 25.7 Å². The van der Waals surface area contributed by atoms with Crippen molar-refractivity contribution in [3.8, 4) is 0 Å². The van der Waals surface area contributed by atoms with E-state index >= 15 is 0 Å². The molecule has 0 aromatic carbocycles. The summed E-state index contributed by atoms with van der Waals surface area (Å²) in [5.41, 5.74) is 0. The standard InChI is InChI=1S/C14H28N2O3/c1-4-18-8-9-19-12(2)14(17)16-7-5-6-13(11-16)10-15-3/h12-13,15H,4-11H2,1-3H3. The van der Waals surface area contributed by atoms with Crippen LogP contribution in [0.3, 0.4) is 0 Å². The number of likely N-dealkylation sites (tertiary alicyclic amines) is 1. The van der Waals surface area contributed by atoms with Gasteiger partial charge in [0.15, 0.2) is 0 Å². The highest BCUT2D eigenvalue weighted by Crippen LogP contribution is 2.17. The van der Waals surface area contributed by atoms with Crippen LogP contribution >= 0.6 is 0 Å². The molecule has 1 aliphatic rings. The molecule has 1 aliphatic heterocycles. The molecule has 112 valence electrons. The molecule has 0 aliphatic carbocycles. The zero-order valence-corrected chi connectivity index (χ0v) is 12.5. The van der Waals surface area contributed by atoms with Crippen LogP contribution in [-0.2, 0) is 14.3 Å². The summed E-state index contributed by atoms with van der Waals surface area (Å²) in [4.78, 5) is 14.2. The van der Waals surface area contributed by atoms with Gasteiger partial charge in [-0.15, -0.1) is 0 Å². The Morgan fingerprint density at radius 1 is 1.47 bits per heavy atom. The van der Waals surface area contributed by atoms with Gasteiger partial charge in [-0.1, -0.05) is 0 Å². The second kappa shape index (κ2) is 9.28. The number of rotatable bonds is 8. The Morgan fingerprint density at radius 3 is 2.95 bits per heavy atom. The van der Waals surface area contributed by atoms with Crippen molar-refractivity contribution in [1.29, 1.82) is 0 Å². The van der Waals surface area contributed by atoms with Gasteiger partial charge in [0.25, 0.3) is 5.91 Å². The predicted molar refractivity (Wildman–Crippen MR) is 75.1 cm³/mol. The number of piperidine rings is 1. The smallest absolute Gasteiger partial charge is 0.251 e. The van der Waals surface area contributed by atoms with Crippen molar-refractivity contribution in [1.82, 2.24) is 10.2 Å². The molecular weight excluding hydrogens is 244 g/mol. The van der Waals surface area contributed by atoms with Gasteiger partial charge in [0.05, 0.1) is 13.2 Å². The predicted octanol–water partition coefficient (Wildman–Crippen LogP) is 0.886. The van der Waals surface area contributed by atoms with E-state index in [2.05, 4.69) is 5.32 Å². The first kappa shape index (κ1) is 16.4. The molecule has 1 heterocycles. The summed E-state index contributed by atoms with van der Waals surface area (Å²) in [7, 11) is 1.96. The lowest BCUT2D eigenvalue weighted by molar-refractivity contribution is -0.145. The van der Waals surface area contributed by atoms with Crippen LogP contribution in [0.5, 0.6) is 0 Å². The van der Waals surface area contributed by atoms with E-state index in [9.17, 15) is 4.79 Å². The normalized spacial score (nSPS) is 21.4. The van der Waals surface area contributed by atoms with Crippen molar-refractivity contribution in [2.75, 3.05) is 46.5 Å². The molecule has 2 unspecified atom stereocenters. The summed E-state index contributed by atoms with van der Waals surface area (Å²) in [5.74, 6) is 0.677. The molecule has 1 N–H and O–H groups in total. The molecular formula is C14H28N2O3. The van der Waals surface area contributed by atoms with E-state index in [0.717, 1.165) is 26.1 Å². The summed E-state index contributed by atoms with van der Waals surface area (Å²) < 4.78 is 10.7. The van der Waals surface area contributed by atoms with Crippen molar-refractivity contribution < 1.29 is 14.3 Å². The molecule has 0 bridgehead atoms. The SMILES string of the molecule is CCOCCOC(C)C(=O)N1CCCC(CNC)C1. The van der Waals surface area contributed by atoms with Crippen LogP contribution in [-0.4, -0.2) is 63.4 Å². The van der Waals surface area contributed by atoms with Crippen LogP contribution in [0.1, 0.15) is 26.7 Å². The molecule has 1 fully saturated rings. The number of nitrogens with one attached hydrogen (secondary N) is 1. The lowest BCUT2D eigenvalue weighted by Gasteiger charge is -2.34. The highest BCUT2D eigenvalue weighted by Gasteiger charge is 2.26. The third-order valence-electron chi connectivity index (χ3n) is 3.47. The summed E-state index contributed by atoms with van der Waals surface area (Å²) in [6.07, 6.45) is 1.92. The molecule has 5 heteroatoms. The van der Waals surface area contributed by atoms with Gasteiger partial charge < -0.3 is 19.7 Å². The zero-order valence-electron chi connectivity index (χ0n) is 12.5. The first-order valence-corrected chi connectivity index (χ1v) is 7.31. The molecule has 19 heavy (non-hydrogen) atoms. The first-order valence-electron chi connectivity index (χ1n) is 7.31. The van der Waals surface area contributed by atoms with Gasteiger partial charge in [0, 0.05) is 19.7 Å². The van der Waals surface area contributed by atoms with E-state index in [1.807, 2.05) is 25.8 Å². The van der Waals surface area contributed by atoms with Crippen molar-refractivity contribution in [2.45, 2.75) is 32.8 Å². The average molecular weight is 272 g/mol. The number of hydrogen-bond donors (Lipinski definition) is 1. The number of ether oxygens (including phenoxy) is 2. The quantitative estimate of drug-likeness (QED) is 0.667. The molecule has 1 rings (SSSR count). The van der Waals surface area contributed by atoms with E-state index in [-0.39, 0.29) is 12.0 Å². The van der Waals surface area contributed by atoms with Crippen LogP contribution < -0.4 is 5.32 Å².